The smallest absolute Gasteiger partial charge is 0.323 e. The number of carbonyl (C=O) groups is 2. The van der Waals surface area contributed by atoms with Gasteiger partial charge >= 0.3 is 12.0 Å². The number of aliphatic carboxylic acids is 1. The number of likely N-dealkylation sites (tertiary alicyclic amines) is 1. The lowest BCUT2D eigenvalue weighted by Gasteiger charge is -2.45. The number of fused-ring (bicyclic) bond motifs is 1. The number of amides is 2. The predicted molar refractivity (Wildman–Crippen MR) is 74.4 cm³/mol. The van der Waals surface area contributed by atoms with E-state index >= 15 is 0 Å². The van der Waals surface area contributed by atoms with Crippen molar-refractivity contribution in [2.45, 2.75) is 63.5 Å². The molecule has 5 heteroatoms. The standard InChI is InChI=1S/C15H24N2O3/c18-14(19)10-17(12-7-8-12)15(20)16-9-3-5-11-4-1-2-6-13(11)16/h11-13H,1-10H2,(H,18,19)/t11-,13-/m1/s1. The molecule has 0 aromatic heterocycles. The molecule has 5 nitrogen and oxygen atoms in total. The fourth-order valence-corrected chi connectivity index (χ4v) is 3.91. The Balaban J connectivity index is 1.71. The van der Waals surface area contributed by atoms with Crippen molar-refractivity contribution in [3.8, 4) is 0 Å². The van der Waals surface area contributed by atoms with Crippen LogP contribution in [0.1, 0.15) is 51.4 Å². The third kappa shape index (κ3) is 2.76. The zero-order valence-electron chi connectivity index (χ0n) is 12.0. The average Bonchev–Trinajstić information content (AvgIpc) is 3.28. The second-order valence-corrected chi connectivity index (χ2v) is 6.48. The van der Waals surface area contributed by atoms with Gasteiger partial charge in [0.25, 0.3) is 0 Å². The number of hydrogen-bond donors (Lipinski definition) is 1. The van der Waals surface area contributed by atoms with Crippen molar-refractivity contribution in [1.29, 1.82) is 0 Å². The molecule has 0 spiro atoms. The average molecular weight is 280 g/mol. The van der Waals surface area contributed by atoms with Crippen molar-refractivity contribution >= 4 is 12.0 Å². The number of piperidine rings is 1. The van der Waals surface area contributed by atoms with Crippen molar-refractivity contribution < 1.29 is 14.7 Å². The molecular formula is C15H24N2O3. The molecule has 2 saturated carbocycles. The monoisotopic (exact) mass is 280 g/mol. The molecule has 1 heterocycles. The number of urea groups is 1. The van der Waals surface area contributed by atoms with Gasteiger partial charge in [0.1, 0.15) is 6.54 Å². The summed E-state index contributed by atoms with van der Waals surface area (Å²) in [6.45, 7) is 0.667. The summed E-state index contributed by atoms with van der Waals surface area (Å²) in [7, 11) is 0. The van der Waals surface area contributed by atoms with E-state index in [1.54, 1.807) is 4.90 Å². The minimum Gasteiger partial charge on any atom is -0.480 e. The van der Waals surface area contributed by atoms with E-state index in [1.807, 2.05) is 4.90 Å². The minimum atomic E-state index is -0.901. The summed E-state index contributed by atoms with van der Waals surface area (Å²) in [6.07, 6.45) is 9.04. The van der Waals surface area contributed by atoms with Crippen LogP contribution in [-0.4, -0.2) is 52.1 Å². The molecule has 0 aromatic carbocycles. The van der Waals surface area contributed by atoms with Crippen molar-refractivity contribution in [3.05, 3.63) is 0 Å². The van der Waals surface area contributed by atoms with E-state index in [-0.39, 0.29) is 18.6 Å². The maximum atomic E-state index is 12.8. The van der Waals surface area contributed by atoms with E-state index in [0.29, 0.717) is 12.0 Å². The van der Waals surface area contributed by atoms with E-state index < -0.39 is 5.97 Å². The Morgan fingerprint density at radius 3 is 2.45 bits per heavy atom. The second kappa shape index (κ2) is 5.62. The summed E-state index contributed by atoms with van der Waals surface area (Å²) in [5.74, 6) is -0.255. The van der Waals surface area contributed by atoms with E-state index in [0.717, 1.165) is 32.2 Å². The number of carboxylic acid groups (broad SMARTS) is 1. The zero-order chi connectivity index (χ0) is 14.1. The number of nitrogens with zero attached hydrogens (tertiary/aromatic N) is 2. The molecule has 0 radical (unpaired) electrons. The molecule has 0 unspecified atom stereocenters. The molecule has 1 N–H and O–H groups in total. The molecule has 0 aromatic rings. The molecule has 1 aliphatic heterocycles. The van der Waals surface area contributed by atoms with Crippen molar-refractivity contribution in [3.63, 3.8) is 0 Å². The SMILES string of the molecule is O=C(O)CN(C(=O)N1CCC[C@H]2CCCC[C@H]21)C1CC1. The van der Waals surface area contributed by atoms with Crippen LogP contribution in [0, 0.1) is 5.92 Å². The van der Waals surface area contributed by atoms with Crippen LogP contribution in [0.15, 0.2) is 0 Å². The Morgan fingerprint density at radius 1 is 1.05 bits per heavy atom. The lowest BCUT2D eigenvalue weighted by molar-refractivity contribution is -0.138. The van der Waals surface area contributed by atoms with Gasteiger partial charge in [-0.15, -0.1) is 0 Å². The van der Waals surface area contributed by atoms with Gasteiger partial charge in [0.2, 0.25) is 0 Å². The van der Waals surface area contributed by atoms with Crippen molar-refractivity contribution in [2.24, 2.45) is 5.92 Å². The van der Waals surface area contributed by atoms with Gasteiger partial charge in [-0.25, -0.2) is 4.79 Å². The maximum absolute atomic E-state index is 12.8. The van der Waals surface area contributed by atoms with Crippen LogP contribution in [0.25, 0.3) is 0 Å². The summed E-state index contributed by atoms with van der Waals surface area (Å²) < 4.78 is 0. The van der Waals surface area contributed by atoms with Crippen LogP contribution < -0.4 is 0 Å². The predicted octanol–water partition coefficient (Wildman–Crippen LogP) is 2.31. The summed E-state index contributed by atoms with van der Waals surface area (Å²) >= 11 is 0. The number of carboxylic acids is 1. The summed E-state index contributed by atoms with van der Waals surface area (Å²) in [5.41, 5.74) is 0. The van der Waals surface area contributed by atoms with Crippen LogP contribution in [0.4, 0.5) is 4.79 Å². The lowest BCUT2D eigenvalue weighted by atomic mass is 9.78. The Kier molecular flexibility index (Phi) is 3.85. The van der Waals surface area contributed by atoms with Crippen LogP contribution >= 0.6 is 0 Å². The maximum Gasteiger partial charge on any atom is 0.323 e. The fraction of sp³-hybridized carbons (Fsp3) is 0.867. The quantitative estimate of drug-likeness (QED) is 0.863. The summed E-state index contributed by atoms with van der Waals surface area (Å²) in [6, 6.07) is 0.508. The van der Waals surface area contributed by atoms with Gasteiger partial charge in [0, 0.05) is 18.6 Å². The van der Waals surface area contributed by atoms with Gasteiger partial charge in [0.15, 0.2) is 0 Å². The molecule has 3 aliphatic rings. The molecule has 2 aliphatic carbocycles. The van der Waals surface area contributed by atoms with Crippen molar-refractivity contribution in [1.82, 2.24) is 9.80 Å². The molecule has 0 bridgehead atoms. The van der Waals surface area contributed by atoms with Gasteiger partial charge in [-0.1, -0.05) is 12.8 Å². The van der Waals surface area contributed by atoms with Gasteiger partial charge in [-0.05, 0) is 44.4 Å². The first-order valence-corrected chi connectivity index (χ1v) is 7.96. The normalized spacial score (nSPS) is 29.7. The highest BCUT2D eigenvalue weighted by atomic mass is 16.4. The number of rotatable bonds is 3. The largest absolute Gasteiger partial charge is 0.480 e. The van der Waals surface area contributed by atoms with E-state index in [1.165, 1.54) is 25.7 Å². The van der Waals surface area contributed by atoms with Gasteiger partial charge < -0.3 is 14.9 Å². The first-order valence-electron chi connectivity index (χ1n) is 7.96. The Labute approximate surface area is 119 Å². The molecule has 3 fully saturated rings. The fourth-order valence-electron chi connectivity index (χ4n) is 3.91. The number of carbonyl (C=O) groups excluding carboxylic acids is 1. The van der Waals surface area contributed by atoms with Crippen LogP contribution in [0.5, 0.6) is 0 Å². The highest BCUT2D eigenvalue weighted by molar-refractivity contribution is 5.81. The molecule has 2 atom stereocenters. The first kappa shape index (κ1) is 13.7. The lowest BCUT2D eigenvalue weighted by Crippen LogP contribution is -2.55. The Morgan fingerprint density at radius 2 is 1.75 bits per heavy atom. The second-order valence-electron chi connectivity index (χ2n) is 6.48. The molecule has 2 amide bonds. The van der Waals surface area contributed by atoms with E-state index in [9.17, 15) is 9.59 Å². The highest BCUT2D eigenvalue weighted by Gasteiger charge is 2.41. The molecule has 3 rings (SSSR count). The Bertz CT molecular complexity index is 393. The third-order valence-electron chi connectivity index (χ3n) is 5.03. The summed E-state index contributed by atoms with van der Waals surface area (Å²) in [4.78, 5) is 27.3. The van der Waals surface area contributed by atoms with Gasteiger partial charge in [-0.2, -0.15) is 0 Å². The zero-order valence-corrected chi connectivity index (χ0v) is 12.0. The van der Waals surface area contributed by atoms with E-state index in [4.69, 9.17) is 5.11 Å². The van der Waals surface area contributed by atoms with Gasteiger partial charge in [-0.3, -0.25) is 4.79 Å². The highest BCUT2D eigenvalue weighted by Crippen LogP contribution is 2.37. The topological polar surface area (TPSA) is 60.9 Å². The van der Waals surface area contributed by atoms with Crippen LogP contribution in [0.3, 0.4) is 0 Å². The van der Waals surface area contributed by atoms with E-state index in [2.05, 4.69) is 0 Å². The molecule has 112 valence electrons. The minimum absolute atomic E-state index is 0.0218. The molecule has 20 heavy (non-hydrogen) atoms. The third-order valence-corrected chi connectivity index (χ3v) is 5.03. The van der Waals surface area contributed by atoms with Crippen LogP contribution in [0.2, 0.25) is 0 Å². The van der Waals surface area contributed by atoms with Crippen molar-refractivity contribution in [2.75, 3.05) is 13.1 Å². The Hall–Kier alpha value is -1.26. The van der Waals surface area contributed by atoms with Gasteiger partial charge in [0.05, 0.1) is 0 Å². The number of hydrogen-bond acceptors (Lipinski definition) is 2. The molecule has 1 saturated heterocycles. The summed E-state index contributed by atoms with van der Waals surface area (Å²) in [5, 5.41) is 9.03. The first-order chi connectivity index (χ1) is 9.66. The van der Waals surface area contributed by atoms with Crippen LogP contribution in [-0.2, 0) is 4.79 Å². The molecular weight excluding hydrogens is 256 g/mol.